The second kappa shape index (κ2) is 5.91. The molecule has 0 atom stereocenters. The summed E-state index contributed by atoms with van der Waals surface area (Å²) in [5, 5.41) is 0. The number of nitrogens with zero attached hydrogens (tertiary/aromatic N) is 3. The van der Waals surface area contributed by atoms with Gasteiger partial charge in [0.25, 0.3) is 0 Å². The van der Waals surface area contributed by atoms with E-state index in [-0.39, 0.29) is 0 Å². The van der Waals surface area contributed by atoms with Gasteiger partial charge in [-0.1, -0.05) is 38.5 Å². The van der Waals surface area contributed by atoms with E-state index < -0.39 is 0 Å². The molecule has 0 radical (unpaired) electrons. The monoisotopic (exact) mass is 322 g/mol. The Morgan fingerprint density at radius 1 is 0.917 bits per heavy atom. The molecule has 0 unspecified atom stereocenters. The number of hydrogen-bond donors (Lipinski definition) is 1. The zero-order valence-corrected chi connectivity index (χ0v) is 14.3. The lowest BCUT2D eigenvalue weighted by Gasteiger charge is -2.21. The molecule has 0 aliphatic heterocycles. The molecule has 2 aliphatic carbocycles. The number of imidazole rings is 1. The molecule has 3 aromatic heterocycles. The summed E-state index contributed by atoms with van der Waals surface area (Å²) in [7, 11) is 0. The Morgan fingerprint density at radius 2 is 1.62 bits per heavy atom. The minimum Gasteiger partial charge on any atom is -0.345 e. The first kappa shape index (κ1) is 14.5. The summed E-state index contributed by atoms with van der Waals surface area (Å²) in [6.07, 6.45) is 19.8. The molecule has 2 fully saturated rings. The van der Waals surface area contributed by atoms with Crippen molar-refractivity contribution >= 4 is 16.8 Å². The van der Waals surface area contributed by atoms with Crippen molar-refractivity contribution in [1.82, 2.24) is 19.4 Å². The van der Waals surface area contributed by atoms with Gasteiger partial charge in [-0.05, 0) is 37.2 Å². The Hall–Kier alpha value is -1.84. The molecule has 24 heavy (non-hydrogen) atoms. The van der Waals surface area contributed by atoms with Crippen molar-refractivity contribution in [3.63, 3.8) is 0 Å². The van der Waals surface area contributed by atoms with E-state index in [9.17, 15) is 0 Å². The topological polar surface area (TPSA) is 46.0 Å². The summed E-state index contributed by atoms with van der Waals surface area (Å²) in [6.45, 7) is 0. The number of fused-ring (bicyclic) bond motifs is 3. The van der Waals surface area contributed by atoms with E-state index in [4.69, 9.17) is 4.98 Å². The highest BCUT2D eigenvalue weighted by Crippen LogP contribution is 2.37. The number of hydrogen-bond acceptors (Lipinski definition) is 2. The molecule has 4 heteroatoms. The van der Waals surface area contributed by atoms with Crippen LogP contribution in [0.5, 0.6) is 0 Å². The first-order valence-electron chi connectivity index (χ1n) is 9.75. The van der Waals surface area contributed by atoms with E-state index >= 15 is 0 Å². The number of H-pyrrole nitrogens is 1. The van der Waals surface area contributed by atoms with Crippen molar-refractivity contribution < 1.29 is 0 Å². The Balaban J connectivity index is 1.62. The molecule has 3 aromatic rings. The lowest BCUT2D eigenvalue weighted by molar-refractivity contribution is 0.438. The van der Waals surface area contributed by atoms with Gasteiger partial charge in [-0.3, -0.25) is 4.40 Å². The molecule has 126 valence electrons. The van der Waals surface area contributed by atoms with Crippen molar-refractivity contribution in [2.75, 3.05) is 0 Å². The third-order valence-corrected chi connectivity index (χ3v) is 6.23. The first-order chi connectivity index (χ1) is 11.9. The van der Waals surface area contributed by atoms with Gasteiger partial charge >= 0.3 is 0 Å². The van der Waals surface area contributed by atoms with Crippen LogP contribution in [-0.4, -0.2) is 19.4 Å². The summed E-state index contributed by atoms with van der Waals surface area (Å²) in [6, 6.07) is 0. The minimum absolute atomic E-state index is 0.644. The largest absolute Gasteiger partial charge is 0.345 e. The molecule has 0 aromatic carbocycles. The van der Waals surface area contributed by atoms with E-state index in [1.165, 1.54) is 81.0 Å². The Kier molecular flexibility index (Phi) is 3.57. The molecule has 2 saturated carbocycles. The highest BCUT2D eigenvalue weighted by molar-refractivity contribution is 5.79. The fourth-order valence-electron chi connectivity index (χ4n) is 4.90. The highest BCUT2D eigenvalue weighted by atomic mass is 15.1. The minimum atomic E-state index is 0.644. The lowest BCUT2D eigenvalue weighted by Crippen LogP contribution is -2.05. The summed E-state index contributed by atoms with van der Waals surface area (Å²) < 4.78 is 2.31. The van der Waals surface area contributed by atoms with Crippen LogP contribution < -0.4 is 0 Å². The molecular formula is C20H26N4. The fourth-order valence-corrected chi connectivity index (χ4v) is 4.90. The molecule has 4 nitrogen and oxygen atoms in total. The zero-order chi connectivity index (χ0) is 15.9. The van der Waals surface area contributed by atoms with Crippen LogP contribution in [-0.2, 0) is 0 Å². The third-order valence-electron chi connectivity index (χ3n) is 6.23. The van der Waals surface area contributed by atoms with Crippen LogP contribution in [0.3, 0.4) is 0 Å². The van der Waals surface area contributed by atoms with Gasteiger partial charge in [0.1, 0.15) is 0 Å². The molecule has 0 amide bonds. The fraction of sp³-hybridized carbons (Fsp3) is 0.600. The maximum Gasteiger partial charge on any atom is 0.156 e. The smallest absolute Gasteiger partial charge is 0.156 e. The Morgan fingerprint density at radius 3 is 2.38 bits per heavy atom. The second-order valence-corrected chi connectivity index (χ2v) is 7.76. The van der Waals surface area contributed by atoms with Gasteiger partial charge in [-0.25, -0.2) is 9.97 Å². The first-order valence-corrected chi connectivity index (χ1v) is 9.75. The van der Waals surface area contributed by atoms with Crippen molar-refractivity contribution in [2.45, 2.75) is 76.0 Å². The number of nitrogens with one attached hydrogen (secondary N) is 1. The van der Waals surface area contributed by atoms with Gasteiger partial charge in [0.2, 0.25) is 0 Å². The van der Waals surface area contributed by atoms with Crippen LogP contribution in [0.2, 0.25) is 0 Å². The van der Waals surface area contributed by atoms with Gasteiger partial charge < -0.3 is 4.98 Å². The normalized spacial score (nSPS) is 21.0. The standard InChI is InChI=1S/C20H26N4/c1-3-7-14(8-4-1)16-11-21-20-19(16)24-13-17(23-18(24)12-22-20)15-9-5-2-6-10-15/h11-15,21H,1-10H2. The van der Waals surface area contributed by atoms with Gasteiger partial charge in [-0.2, -0.15) is 0 Å². The number of rotatable bonds is 2. The van der Waals surface area contributed by atoms with E-state index in [2.05, 4.69) is 26.8 Å². The summed E-state index contributed by atoms with van der Waals surface area (Å²) in [5.41, 5.74) is 6.03. The van der Waals surface area contributed by atoms with Crippen molar-refractivity contribution in [1.29, 1.82) is 0 Å². The SMILES string of the molecule is c1[nH]c2ncc3nc(C4CCCCC4)cn3c2c1C1CCCCC1. The van der Waals surface area contributed by atoms with Gasteiger partial charge in [0, 0.05) is 18.3 Å². The predicted octanol–water partition coefficient (Wildman–Crippen LogP) is 5.31. The van der Waals surface area contributed by atoms with Crippen molar-refractivity contribution in [2.24, 2.45) is 0 Å². The molecule has 3 heterocycles. The quantitative estimate of drug-likeness (QED) is 0.695. The Bertz CT molecular complexity index is 847. The summed E-state index contributed by atoms with van der Waals surface area (Å²) in [4.78, 5) is 13.0. The van der Waals surface area contributed by atoms with E-state index in [0.29, 0.717) is 11.8 Å². The Labute approximate surface area is 142 Å². The molecule has 5 rings (SSSR count). The number of aromatic nitrogens is 4. The van der Waals surface area contributed by atoms with Gasteiger partial charge in [0.15, 0.2) is 11.3 Å². The van der Waals surface area contributed by atoms with Crippen LogP contribution in [0.15, 0.2) is 18.6 Å². The molecular weight excluding hydrogens is 296 g/mol. The molecule has 1 N–H and O–H groups in total. The predicted molar refractivity (Wildman–Crippen MR) is 96.5 cm³/mol. The van der Waals surface area contributed by atoms with Crippen LogP contribution >= 0.6 is 0 Å². The zero-order valence-electron chi connectivity index (χ0n) is 14.3. The molecule has 0 spiro atoms. The maximum atomic E-state index is 4.94. The molecule has 2 aliphatic rings. The number of aromatic amines is 1. The second-order valence-electron chi connectivity index (χ2n) is 7.76. The third kappa shape index (κ3) is 2.35. The summed E-state index contributed by atoms with van der Waals surface area (Å²) >= 11 is 0. The maximum absolute atomic E-state index is 4.94. The van der Waals surface area contributed by atoms with Crippen LogP contribution in [0.4, 0.5) is 0 Å². The molecule has 0 saturated heterocycles. The highest BCUT2D eigenvalue weighted by Gasteiger charge is 2.23. The van der Waals surface area contributed by atoms with E-state index in [1.54, 1.807) is 0 Å². The van der Waals surface area contributed by atoms with Crippen molar-refractivity contribution in [3.05, 3.63) is 29.8 Å². The van der Waals surface area contributed by atoms with E-state index in [0.717, 1.165) is 11.3 Å². The summed E-state index contributed by atoms with van der Waals surface area (Å²) in [5.74, 6) is 1.33. The van der Waals surface area contributed by atoms with Gasteiger partial charge in [-0.15, -0.1) is 0 Å². The van der Waals surface area contributed by atoms with Gasteiger partial charge in [0.05, 0.1) is 17.4 Å². The van der Waals surface area contributed by atoms with E-state index in [1.807, 2.05) is 6.20 Å². The van der Waals surface area contributed by atoms with Crippen LogP contribution in [0.25, 0.3) is 16.8 Å². The molecule has 0 bridgehead atoms. The average Bonchev–Trinajstić information content (AvgIpc) is 3.27. The lowest BCUT2D eigenvalue weighted by atomic mass is 9.85. The average molecular weight is 322 g/mol. The van der Waals surface area contributed by atoms with Crippen LogP contribution in [0.1, 0.15) is 87.3 Å². The van der Waals surface area contributed by atoms with Crippen LogP contribution in [0, 0.1) is 0 Å². The van der Waals surface area contributed by atoms with Crippen molar-refractivity contribution in [3.8, 4) is 0 Å².